The molecule has 0 radical (unpaired) electrons. The van der Waals surface area contributed by atoms with E-state index in [0.717, 1.165) is 63.2 Å². The minimum atomic E-state index is 0.130. The van der Waals surface area contributed by atoms with Gasteiger partial charge in [0.05, 0.1) is 12.2 Å². The van der Waals surface area contributed by atoms with E-state index in [1.54, 1.807) is 0 Å². The molecule has 3 unspecified atom stereocenters. The average molecular weight is 407 g/mol. The van der Waals surface area contributed by atoms with Gasteiger partial charge in [-0.25, -0.2) is 4.99 Å². The highest BCUT2D eigenvalue weighted by Crippen LogP contribution is 2.33. The van der Waals surface area contributed by atoms with Crippen LogP contribution in [0.4, 0.5) is 0 Å². The first-order valence-electron chi connectivity index (χ1n) is 10.9. The van der Waals surface area contributed by atoms with Crippen molar-refractivity contribution < 1.29 is 9.47 Å². The summed E-state index contributed by atoms with van der Waals surface area (Å²) in [5.41, 5.74) is 0.130. The van der Waals surface area contributed by atoms with E-state index in [-0.39, 0.29) is 17.6 Å². The van der Waals surface area contributed by atoms with Crippen LogP contribution >= 0.6 is 0 Å². The molecule has 2 fully saturated rings. The Kier molecular flexibility index (Phi) is 7.51. The van der Waals surface area contributed by atoms with Gasteiger partial charge in [0.25, 0.3) is 0 Å². The molecular weight excluding hydrogens is 368 g/mol. The Balaban J connectivity index is 1.63. The molecule has 8 heteroatoms. The highest BCUT2D eigenvalue weighted by Gasteiger charge is 2.35. The van der Waals surface area contributed by atoms with Crippen LogP contribution < -0.4 is 10.6 Å². The molecule has 1 aromatic rings. The average Bonchev–Trinajstić information content (AvgIpc) is 3.32. The number of aryl methyl sites for hydroxylation is 1. The summed E-state index contributed by atoms with van der Waals surface area (Å²) in [5, 5.41) is 15.4. The maximum absolute atomic E-state index is 6.13. The molecule has 0 bridgehead atoms. The summed E-state index contributed by atoms with van der Waals surface area (Å²) < 4.78 is 13.9. The predicted octanol–water partition coefficient (Wildman–Crippen LogP) is 2.18. The van der Waals surface area contributed by atoms with Crippen molar-refractivity contribution in [1.82, 2.24) is 25.4 Å². The Bertz CT molecular complexity index is 675. The van der Waals surface area contributed by atoms with Gasteiger partial charge in [-0.3, -0.25) is 0 Å². The summed E-state index contributed by atoms with van der Waals surface area (Å²) in [6.07, 6.45) is 5.05. The fourth-order valence-electron chi connectivity index (χ4n) is 4.17. The number of rotatable bonds is 6. The first kappa shape index (κ1) is 22.0. The van der Waals surface area contributed by atoms with E-state index < -0.39 is 0 Å². The smallest absolute Gasteiger partial charge is 0.191 e. The molecule has 29 heavy (non-hydrogen) atoms. The first-order valence-corrected chi connectivity index (χ1v) is 10.9. The molecule has 2 aliphatic rings. The zero-order valence-corrected chi connectivity index (χ0v) is 18.7. The second-order valence-corrected chi connectivity index (χ2v) is 9.34. The third-order valence-electron chi connectivity index (χ3n) is 5.91. The van der Waals surface area contributed by atoms with Crippen LogP contribution in [0, 0.1) is 18.3 Å². The van der Waals surface area contributed by atoms with Crippen molar-refractivity contribution in [3.8, 4) is 0 Å². The Morgan fingerprint density at radius 3 is 2.48 bits per heavy atom. The van der Waals surface area contributed by atoms with Gasteiger partial charge < -0.3 is 24.7 Å². The minimum absolute atomic E-state index is 0.130. The molecule has 8 nitrogen and oxygen atoms in total. The normalized spacial score (nSPS) is 26.0. The number of nitrogens with one attached hydrogen (secondary N) is 2. The highest BCUT2D eigenvalue weighted by molar-refractivity contribution is 5.79. The van der Waals surface area contributed by atoms with Crippen molar-refractivity contribution in [2.24, 2.45) is 23.4 Å². The molecule has 2 N–H and O–H groups in total. The van der Waals surface area contributed by atoms with Gasteiger partial charge in [0, 0.05) is 39.3 Å². The third kappa shape index (κ3) is 6.15. The number of aromatic nitrogens is 3. The molecule has 1 aromatic heterocycles. The maximum Gasteiger partial charge on any atom is 0.191 e. The number of aliphatic imine (C=N–C) groups is 1. The standard InChI is InChI=1S/C21H38N6O2/c1-15-25-26-18(27(15)5)14-24-20(23-13-17-9-7-10-28-17)22-12-16-8-6-11-29-19(16)21(2,3)4/h16-17,19H,6-14H2,1-5H3,(H2,22,23,24). The summed E-state index contributed by atoms with van der Waals surface area (Å²) in [4.78, 5) is 4.78. The van der Waals surface area contributed by atoms with Gasteiger partial charge in [-0.05, 0) is 38.0 Å². The van der Waals surface area contributed by atoms with E-state index in [2.05, 4.69) is 41.6 Å². The van der Waals surface area contributed by atoms with Crippen LogP contribution in [0.2, 0.25) is 0 Å². The fourth-order valence-corrected chi connectivity index (χ4v) is 4.17. The number of guanidine groups is 1. The summed E-state index contributed by atoms with van der Waals surface area (Å²) >= 11 is 0. The van der Waals surface area contributed by atoms with E-state index in [0.29, 0.717) is 12.5 Å². The van der Waals surface area contributed by atoms with Crippen LogP contribution in [0.1, 0.15) is 58.1 Å². The van der Waals surface area contributed by atoms with Crippen LogP contribution in [-0.2, 0) is 23.1 Å². The second-order valence-electron chi connectivity index (χ2n) is 9.34. The molecule has 0 spiro atoms. The summed E-state index contributed by atoms with van der Waals surface area (Å²) in [5.74, 6) is 3.02. The molecule has 3 rings (SSSR count). The van der Waals surface area contributed by atoms with E-state index in [4.69, 9.17) is 14.5 Å². The van der Waals surface area contributed by atoms with Crippen molar-refractivity contribution in [3.63, 3.8) is 0 Å². The molecule has 2 saturated heterocycles. The van der Waals surface area contributed by atoms with Gasteiger partial charge in [-0.1, -0.05) is 20.8 Å². The van der Waals surface area contributed by atoms with E-state index >= 15 is 0 Å². The zero-order valence-electron chi connectivity index (χ0n) is 18.7. The van der Waals surface area contributed by atoms with Gasteiger partial charge in [-0.2, -0.15) is 0 Å². The van der Waals surface area contributed by atoms with Crippen LogP contribution in [0.3, 0.4) is 0 Å². The van der Waals surface area contributed by atoms with Crippen LogP contribution in [0.5, 0.6) is 0 Å². The molecule has 0 amide bonds. The van der Waals surface area contributed by atoms with Crippen molar-refractivity contribution >= 4 is 5.96 Å². The number of nitrogens with zero attached hydrogens (tertiary/aromatic N) is 4. The van der Waals surface area contributed by atoms with Crippen LogP contribution in [-0.4, -0.2) is 59.2 Å². The van der Waals surface area contributed by atoms with Gasteiger partial charge in [0.15, 0.2) is 11.8 Å². The Morgan fingerprint density at radius 1 is 1.10 bits per heavy atom. The Hall–Kier alpha value is -1.67. The fraction of sp³-hybridized carbons (Fsp3) is 0.857. The molecule has 3 atom stereocenters. The summed E-state index contributed by atoms with van der Waals surface area (Å²) in [7, 11) is 1.97. The predicted molar refractivity (Wildman–Crippen MR) is 114 cm³/mol. The van der Waals surface area contributed by atoms with Gasteiger partial charge in [0.2, 0.25) is 0 Å². The van der Waals surface area contributed by atoms with Crippen molar-refractivity contribution in [3.05, 3.63) is 11.6 Å². The molecule has 3 heterocycles. The summed E-state index contributed by atoms with van der Waals surface area (Å²) in [6.45, 7) is 12.6. The molecule has 0 saturated carbocycles. The summed E-state index contributed by atoms with van der Waals surface area (Å²) in [6, 6.07) is 0. The largest absolute Gasteiger partial charge is 0.377 e. The lowest BCUT2D eigenvalue weighted by molar-refractivity contribution is -0.0835. The van der Waals surface area contributed by atoms with Crippen LogP contribution in [0.25, 0.3) is 0 Å². The monoisotopic (exact) mass is 406 g/mol. The minimum Gasteiger partial charge on any atom is -0.377 e. The quantitative estimate of drug-likeness (QED) is 0.556. The molecule has 164 valence electrons. The second kappa shape index (κ2) is 9.89. The van der Waals surface area contributed by atoms with E-state index in [9.17, 15) is 0 Å². The maximum atomic E-state index is 6.13. The number of hydrogen-bond acceptors (Lipinski definition) is 5. The third-order valence-corrected chi connectivity index (χ3v) is 5.91. The van der Waals surface area contributed by atoms with Crippen molar-refractivity contribution in [1.29, 1.82) is 0 Å². The molecular formula is C21H38N6O2. The zero-order chi connectivity index (χ0) is 20.9. The van der Waals surface area contributed by atoms with Crippen molar-refractivity contribution in [2.45, 2.75) is 72.1 Å². The lowest BCUT2D eigenvalue weighted by Crippen LogP contribution is -2.48. The SMILES string of the molecule is Cc1nnc(CN=C(NCC2CCCO2)NCC2CCCOC2C(C)(C)C)n1C. The van der Waals surface area contributed by atoms with Crippen LogP contribution in [0.15, 0.2) is 4.99 Å². The first-order chi connectivity index (χ1) is 13.8. The Morgan fingerprint density at radius 2 is 1.83 bits per heavy atom. The highest BCUT2D eigenvalue weighted by atomic mass is 16.5. The Labute approximate surface area is 174 Å². The molecule has 0 aliphatic carbocycles. The molecule has 2 aliphatic heterocycles. The number of hydrogen-bond donors (Lipinski definition) is 2. The van der Waals surface area contributed by atoms with Gasteiger partial charge >= 0.3 is 0 Å². The molecule has 0 aromatic carbocycles. The van der Waals surface area contributed by atoms with E-state index in [1.807, 2.05) is 18.5 Å². The number of ether oxygens (including phenoxy) is 2. The lowest BCUT2D eigenvalue weighted by atomic mass is 9.78. The topological polar surface area (TPSA) is 85.6 Å². The van der Waals surface area contributed by atoms with Crippen molar-refractivity contribution in [2.75, 3.05) is 26.3 Å². The van der Waals surface area contributed by atoms with E-state index in [1.165, 1.54) is 6.42 Å². The van der Waals surface area contributed by atoms with Gasteiger partial charge in [-0.15, -0.1) is 10.2 Å². The lowest BCUT2D eigenvalue weighted by Gasteiger charge is -2.40. The van der Waals surface area contributed by atoms with Gasteiger partial charge in [0.1, 0.15) is 12.4 Å².